The molecule has 3 atom stereocenters. The Hall–Kier alpha value is -2.68. The molecule has 1 aromatic heterocycles. The van der Waals surface area contributed by atoms with Crippen LogP contribution in [0.3, 0.4) is 0 Å². The van der Waals surface area contributed by atoms with Gasteiger partial charge in [0.1, 0.15) is 0 Å². The van der Waals surface area contributed by atoms with Gasteiger partial charge in [0.2, 0.25) is 5.91 Å². The van der Waals surface area contributed by atoms with Gasteiger partial charge in [0, 0.05) is 61.0 Å². The van der Waals surface area contributed by atoms with Crippen molar-refractivity contribution in [2.24, 2.45) is 0 Å². The van der Waals surface area contributed by atoms with Crippen LogP contribution in [0.4, 0.5) is 0 Å². The van der Waals surface area contributed by atoms with Crippen molar-refractivity contribution in [3.8, 4) is 11.8 Å². The molecule has 0 radical (unpaired) electrons. The highest BCUT2D eigenvalue weighted by atomic mass is 16.3. The van der Waals surface area contributed by atoms with Crippen LogP contribution in [0.2, 0.25) is 0 Å². The average molecular weight is 404 g/mol. The summed E-state index contributed by atoms with van der Waals surface area (Å²) in [5.74, 6) is 6.79. The fourth-order valence-electron chi connectivity index (χ4n) is 4.76. The van der Waals surface area contributed by atoms with Crippen molar-refractivity contribution in [1.29, 1.82) is 0 Å². The van der Waals surface area contributed by atoms with E-state index in [0.717, 1.165) is 43.6 Å². The van der Waals surface area contributed by atoms with Crippen LogP contribution in [0.15, 0.2) is 48.8 Å². The van der Waals surface area contributed by atoms with Crippen LogP contribution in [0.25, 0.3) is 0 Å². The molecule has 5 heteroatoms. The number of pyridine rings is 1. The monoisotopic (exact) mass is 403 g/mol. The fraction of sp³-hybridized carbons (Fsp3) is 0.440. The number of nitrogens with zero attached hydrogens (tertiary/aromatic N) is 3. The highest BCUT2D eigenvalue weighted by Gasteiger charge is 2.49. The Morgan fingerprint density at radius 2 is 1.90 bits per heavy atom. The highest BCUT2D eigenvalue weighted by molar-refractivity contribution is 5.75. The first kappa shape index (κ1) is 20.6. The van der Waals surface area contributed by atoms with E-state index in [1.165, 1.54) is 5.56 Å². The molecule has 3 heterocycles. The Morgan fingerprint density at radius 1 is 1.13 bits per heavy atom. The van der Waals surface area contributed by atoms with E-state index >= 15 is 0 Å². The molecule has 2 saturated heterocycles. The Morgan fingerprint density at radius 3 is 2.60 bits per heavy atom. The van der Waals surface area contributed by atoms with Crippen molar-refractivity contribution < 1.29 is 9.90 Å². The molecule has 1 amide bonds. The van der Waals surface area contributed by atoms with Crippen LogP contribution in [-0.4, -0.2) is 64.1 Å². The van der Waals surface area contributed by atoms with Gasteiger partial charge in [-0.1, -0.05) is 30.9 Å². The molecule has 1 N–H and O–H groups in total. The molecule has 156 valence electrons. The number of fused-ring (bicyclic) bond motifs is 1. The predicted molar refractivity (Wildman–Crippen MR) is 117 cm³/mol. The van der Waals surface area contributed by atoms with Gasteiger partial charge in [-0.3, -0.25) is 14.7 Å². The first-order chi connectivity index (χ1) is 14.7. The van der Waals surface area contributed by atoms with Gasteiger partial charge in [0.25, 0.3) is 0 Å². The molecule has 30 heavy (non-hydrogen) atoms. The van der Waals surface area contributed by atoms with Crippen molar-refractivity contribution in [2.45, 2.75) is 44.2 Å². The van der Waals surface area contributed by atoms with E-state index < -0.39 is 0 Å². The molecule has 5 nitrogen and oxygen atoms in total. The lowest BCUT2D eigenvalue weighted by Gasteiger charge is -2.57. The van der Waals surface area contributed by atoms with E-state index in [4.69, 9.17) is 0 Å². The van der Waals surface area contributed by atoms with Crippen LogP contribution in [0.1, 0.15) is 48.8 Å². The normalized spacial score (nSPS) is 23.9. The van der Waals surface area contributed by atoms with Gasteiger partial charge in [-0.25, -0.2) is 0 Å². The largest absolute Gasteiger partial charge is 0.395 e. The summed E-state index contributed by atoms with van der Waals surface area (Å²) in [7, 11) is 0. The quantitative estimate of drug-likeness (QED) is 0.801. The Balaban J connectivity index is 1.53. The summed E-state index contributed by atoms with van der Waals surface area (Å²) >= 11 is 0. The van der Waals surface area contributed by atoms with Gasteiger partial charge in [-0.15, -0.1) is 0 Å². The van der Waals surface area contributed by atoms with Crippen molar-refractivity contribution in [3.05, 3.63) is 65.5 Å². The van der Waals surface area contributed by atoms with Crippen LogP contribution in [0.5, 0.6) is 0 Å². The number of rotatable bonds is 3. The first-order valence-electron chi connectivity index (χ1n) is 10.9. The summed E-state index contributed by atoms with van der Waals surface area (Å²) in [5, 5.41) is 10.1. The SMILES string of the molecule is CCC(=O)N1CCCCN2[C@H](C1)[C@H](c1ccc(C#Cc3cccnc3)cc1)[C@@H]2CO. The molecule has 4 rings (SSSR count). The number of carbonyl (C=O) groups excluding carboxylic acids is 1. The zero-order valence-electron chi connectivity index (χ0n) is 17.5. The number of hydrogen-bond acceptors (Lipinski definition) is 4. The van der Waals surface area contributed by atoms with Crippen molar-refractivity contribution in [2.75, 3.05) is 26.2 Å². The van der Waals surface area contributed by atoms with E-state index in [1.54, 1.807) is 12.4 Å². The number of aliphatic hydroxyl groups is 1. The third kappa shape index (κ3) is 4.26. The lowest BCUT2D eigenvalue weighted by atomic mass is 9.74. The number of carbonyl (C=O) groups is 1. The molecule has 0 saturated carbocycles. The number of hydrogen-bond donors (Lipinski definition) is 1. The van der Waals surface area contributed by atoms with E-state index in [9.17, 15) is 9.90 Å². The Bertz CT molecular complexity index is 917. The van der Waals surface area contributed by atoms with Crippen LogP contribution < -0.4 is 0 Å². The van der Waals surface area contributed by atoms with Gasteiger partial charge in [0.05, 0.1) is 6.61 Å². The molecule has 0 unspecified atom stereocenters. The summed E-state index contributed by atoms with van der Waals surface area (Å²) in [4.78, 5) is 20.9. The van der Waals surface area contributed by atoms with Crippen LogP contribution in [0, 0.1) is 11.8 Å². The Kier molecular flexibility index (Phi) is 6.47. The van der Waals surface area contributed by atoms with E-state index in [-0.39, 0.29) is 30.5 Å². The third-order valence-electron chi connectivity index (χ3n) is 6.33. The minimum atomic E-state index is 0.124. The van der Waals surface area contributed by atoms with Crippen LogP contribution in [-0.2, 0) is 4.79 Å². The summed E-state index contributed by atoms with van der Waals surface area (Å²) in [6, 6.07) is 12.6. The second kappa shape index (κ2) is 9.42. The third-order valence-corrected chi connectivity index (χ3v) is 6.33. The standard InChI is InChI=1S/C25H29N3O2/c1-2-24(30)27-14-3-4-15-28-22(17-27)25(23(28)18-29)21-11-9-19(10-12-21)7-8-20-6-5-13-26-16-20/h5-6,9-13,16,22-23,25,29H,2-4,14-15,17-18H2,1H3/t22-,23+,25+/m1/s1. The molecule has 1 aromatic carbocycles. The molecule has 2 aliphatic heterocycles. The number of aliphatic hydroxyl groups excluding tert-OH is 1. The minimum absolute atomic E-state index is 0.124. The lowest BCUT2D eigenvalue weighted by Crippen LogP contribution is -2.67. The predicted octanol–water partition coefficient (Wildman–Crippen LogP) is 2.64. The zero-order chi connectivity index (χ0) is 20.9. The second-order valence-corrected chi connectivity index (χ2v) is 8.10. The molecule has 2 aromatic rings. The van der Waals surface area contributed by atoms with E-state index in [2.05, 4.69) is 33.9 Å². The summed E-state index contributed by atoms with van der Waals surface area (Å²) < 4.78 is 0. The zero-order valence-corrected chi connectivity index (χ0v) is 17.5. The Labute approximate surface area is 178 Å². The number of benzene rings is 1. The number of aromatic nitrogens is 1. The molecule has 2 aliphatic rings. The molecular weight excluding hydrogens is 374 g/mol. The van der Waals surface area contributed by atoms with Crippen LogP contribution >= 0.6 is 0 Å². The minimum Gasteiger partial charge on any atom is -0.395 e. The smallest absolute Gasteiger partial charge is 0.222 e. The molecule has 2 fully saturated rings. The molecular formula is C25H29N3O2. The lowest BCUT2D eigenvalue weighted by molar-refractivity contribution is -0.136. The van der Waals surface area contributed by atoms with E-state index in [1.807, 2.05) is 36.1 Å². The topological polar surface area (TPSA) is 56.7 Å². The van der Waals surface area contributed by atoms with Gasteiger partial charge in [-0.2, -0.15) is 0 Å². The van der Waals surface area contributed by atoms with E-state index in [0.29, 0.717) is 6.42 Å². The maximum atomic E-state index is 12.4. The maximum Gasteiger partial charge on any atom is 0.222 e. The first-order valence-corrected chi connectivity index (χ1v) is 10.9. The van der Waals surface area contributed by atoms with Crippen molar-refractivity contribution in [3.63, 3.8) is 0 Å². The number of amides is 1. The second-order valence-electron chi connectivity index (χ2n) is 8.10. The molecule has 0 aliphatic carbocycles. The maximum absolute atomic E-state index is 12.4. The average Bonchev–Trinajstić information content (AvgIpc) is 2.77. The molecule has 0 bridgehead atoms. The summed E-state index contributed by atoms with van der Waals surface area (Å²) in [6.07, 6.45) is 6.14. The van der Waals surface area contributed by atoms with Crippen molar-refractivity contribution >= 4 is 5.91 Å². The van der Waals surface area contributed by atoms with Crippen molar-refractivity contribution in [1.82, 2.24) is 14.8 Å². The summed E-state index contributed by atoms with van der Waals surface area (Å²) in [6.45, 7) is 4.66. The van der Waals surface area contributed by atoms with Gasteiger partial charge in [0.15, 0.2) is 0 Å². The summed E-state index contributed by atoms with van der Waals surface area (Å²) in [5.41, 5.74) is 3.07. The molecule has 0 spiro atoms. The van der Waals surface area contributed by atoms with Gasteiger partial charge < -0.3 is 10.0 Å². The fourth-order valence-corrected chi connectivity index (χ4v) is 4.76. The van der Waals surface area contributed by atoms with Gasteiger partial charge in [-0.05, 0) is 49.2 Å². The highest BCUT2D eigenvalue weighted by Crippen LogP contribution is 2.42. The van der Waals surface area contributed by atoms with Gasteiger partial charge >= 0.3 is 0 Å².